The Bertz CT molecular complexity index is 1220. The maximum absolute atomic E-state index is 11.5. The zero-order chi connectivity index (χ0) is 21.1. The molecule has 0 aliphatic rings. The van der Waals surface area contributed by atoms with Gasteiger partial charge in [0.25, 0.3) is 5.69 Å². The third-order valence-corrected chi connectivity index (χ3v) is 5.00. The number of benzene rings is 2. The standard InChI is InChI=1S/C19H13N5O5S/c25-18(26)14-10-29-16(20-14)11-30-19-22-21-17(23(19)12-6-2-1-3-7-12)13-8-4-5-9-15(13)24(27)28/h1-10H,11H2,(H,25,26). The third-order valence-electron chi connectivity index (χ3n) is 4.09. The quantitative estimate of drug-likeness (QED) is 0.267. The van der Waals surface area contributed by atoms with E-state index in [4.69, 9.17) is 9.52 Å². The summed E-state index contributed by atoms with van der Waals surface area (Å²) in [5, 5.41) is 29.3. The van der Waals surface area contributed by atoms with Gasteiger partial charge >= 0.3 is 5.97 Å². The van der Waals surface area contributed by atoms with E-state index in [0.29, 0.717) is 16.5 Å². The summed E-state index contributed by atoms with van der Waals surface area (Å²) in [4.78, 5) is 25.9. The van der Waals surface area contributed by atoms with Crippen LogP contribution in [0.25, 0.3) is 17.1 Å². The summed E-state index contributed by atoms with van der Waals surface area (Å²) in [5.74, 6) is -0.446. The number of carboxylic acids is 1. The Morgan fingerprint density at radius 3 is 2.57 bits per heavy atom. The Balaban J connectivity index is 1.75. The molecule has 0 amide bonds. The van der Waals surface area contributed by atoms with Gasteiger partial charge in [0.15, 0.2) is 16.7 Å². The maximum Gasteiger partial charge on any atom is 0.357 e. The molecule has 0 saturated carbocycles. The van der Waals surface area contributed by atoms with E-state index in [1.54, 1.807) is 22.8 Å². The molecule has 0 spiro atoms. The first kappa shape index (κ1) is 19.3. The Kier molecular flexibility index (Phi) is 5.26. The highest BCUT2D eigenvalue weighted by Gasteiger charge is 2.23. The van der Waals surface area contributed by atoms with Crippen LogP contribution >= 0.6 is 11.8 Å². The second-order valence-electron chi connectivity index (χ2n) is 5.97. The molecule has 0 radical (unpaired) electrons. The van der Waals surface area contributed by atoms with Gasteiger partial charge in [0, 0.05) is 11.8 Å². The topological polar surface area (TPSA) is 137 Å². The summed E-state index contributed by atoms with van der Waals surface area (Å²) in [6.07, 6.45) is 1.07. The second-order valence-corrected chi connectivity index (χ2v) is 6.91. The highest BCUT2D eigenvalue weighted by molar-refractivity contribution is 7.98. The van der Waals surface area contributed by atoms with Crippen LogP contribution < -0.4 is 0 Å². The third kappa shape index (κ3) is 3.78. The second kappa shape index (κ2) is 8.17. The average Bonchev–Trinajstić information content (AvgIpc) is 3.40. The summed E-state index contributed by atoms with van der Waals surface area (Å²) >= 11 is 1.22. The minimum absolute atomic E-state index is 0.0857. The molecule has 30 heavy (non-hydrogen) atoms. The maximum atomic E-state index is 11.5. The monoisotopic (exact) mass is 423 g/mol. The van der Waals surface area contributed by atoms with Gasteiger partial charge in [-0.2, -0.15) is 0 Å². The summed E-state index contributed by atoms with van der Waals surface area (Å²) < 4.78 is 6.88. The van der Waals surface area contributed by atoms with Crippen molar-refractivity contribution in [2.75, 3.05) is 0 Å². The lowest BCUT2D eigenvalue weighted by Gasteiger charge is -2.10. The lowest BCUT2D eigenvalue weighted by Crippen LogP contribution is -2.01. The van der Waals surface area contributed by atoms with Crippen molar-refractivity contribution in [2.24, 2.45) is 0 Å². The first-order valence-electron chi connectivity index (χ1n) is 8.59. The van der Waals surface area contributed by atoms with Crippen LogP contribution in [0.5, 0.6) is 0 Å². The largest absolute Gasteiger partial charge is 0.476 e. The van der Waals surface area contributed by atoms with E-state index in [1.807, 2.05) is 30.3 Å². The van der Waals surface area contributed by atoms with Crippen molar-refractivity contribution in [3.63, 3.8) is 0 Å². The first-order valence-corrected chi connectivity index (χ1v) is 9.58. The van der Waals surface area contributed by atoms with Crippen LogP contribution in [0.4, 0.5) is 5.69 Å². The van der Waals surface area contributed by atoms with Gasteiger partial charge in [0.1, 0.15) is 6.26 Å². The van der Waals surface area contributed by atoms with Crippen molar-refractivity contribution in [1.82, 2.24) is 19.7 Å². The molecular weight excluding hydrogens is 410 g/mol. The molecule has 0 atom stereocenters. The van der Waals surface area contributed by atoms with Gasteiger partial charge in [0.2, 0.25) is 5.89 Å². The van der Waals surface area contributed by atoms with E-state index in [0.717, 1.165) is 12.0 Å². The van der Waals surface area contributed by atoms with Crippen LogP contribution in [0.15, 0.2) is 70.4 Å². The number of aromatic nitrogens is 4. The fourth-order valence-electron chi connectivity index (χ4n) is 2.77. The fourth-order valence-corrected chi connectivity index (χ4v) is 3.58. The van der Waals surface area contributed by atoms with Crippen LogP contribution in [0.1, 0.15) is 16.4 Å². The van der Waals surface area contributed by atoms with Gasteiger partial charge < -0.3 is 9.52 Å². The molecule has 0 fully saturated rings. The van der Waals surface area contributed by atoms with Gasteiger partial charge in [0.05, 0.1) is 16.2 Å². The van der Waals surface area contributed by atoms with Crippen molar-refractivity contribution in [3.05, 3.63) is 82.6 Å². The number of para-hydroxylation sites is 2. The zero-order valence-electron chi connectivity index (χ0n) is 15.2. The number of nitro groups is 1. The van der Waals surface area contributed by atoms with Gasteiger partial charge in [-0.1, -0.05) is 42.1 Å². The molecule has 0 saturated heterocycles. The minimum atomic E-state index is -1.18. The lowest BCUT2D eigenvalue weighted by molar-refractivity contribution is -0.384. The number of aromatic carboxylic acids is 1. The SMILES string of the molecule is O=C(O)c1coc(CSc2nnc(-c3ccccc3[N+](=O)[O-])n2-c2ccccc2)n1. The van der Waals surface area contributed by atoms with Gasteiger partial charge in [-0.05, 0) is 18.2 Å². The number of carboxylic acid groups (broad SMARTS) is 1. The minimum Gasteiger partial charge on any atom is -0.476 e. The number of carbonyl (C=O) groups is 1. The van der Waals surface area contributed by atoms with E-state index in [9.17, 15) is 14.9 Å². The summed E-state index contributed by atoms with van der Waals surface area (Å²) in [7, 11) is 0. The first-order chi connectivity index (χ1) is 14.5. The number of nitro benzene ring substituents is 1. The molecule has 2 aromatic carbocycles. The Hall–Kier alpha value is -3.99. The van der Waals surface area contributed by atoms with Crippen LogP contribution in [-0.4, -0.2) is 35.7 Å². The van der Waals surface area contributed by atoms with Crippen LogP contribution in [-0.2, 0) is 5.75 Å². The predicted molar refractivity (Wildman–Crippen MR) is 106 cm³/mol. The average molecular weight is 423 g/mol. The van der Waals surface area contributed by atoms with E-state index in [2.05, 4.69) is 15.2 Å². The molecule has 11 heteroatoms. The molecule has 10 nitrogen and oxygen atoms in total. The van der Waals surface area contributed by atoms with E-state index < -0.39 is 10.9 Å². The van der Waals surface area contributed by atoms with Crippen molar-refractivity contribution < 1.29 is 19.2 Å². The van der Waals surface area contributed by atoms with Crippen molar-refractivity contribution in [3.8, 4) is 17.1 Å². The number of hydrogen-bond donors (Lipinski definition) is 1. The van der Waals surface area contributed by atoms with Crippen molar-refractivity contribution >= 4 is 23.4 Å². The number of hydrogen-bond acceptors (Lipinski definition) is 8. The molecule has 2 aromatic heterocycles. The zero-order valence-corrected chi connectivity index (χ0v) is 16.0. The molecule has 0 bridgehead atoms. The molecule has 0 unspecified atom stereocenters. The lowest BCUT2D eigenvalue weighted by atomic mass is 10.1. The van der Waals surface area contributed by atoms with Gasteiger partial charge in [-0.3, -0.25) is 14.7 Å². The van der Waals surface area contributed by atoms with Crippen molar-refractivity contribution in [2.45, 2.75) is 10.9 Å². The normalized spacial score (nSPS) is 10.8. The van der Waals surface area contributed by atoms with Crippen molar-refractivity contribution in [1.29, 1.82) is 0 Å². The molecule has 0 aliphatic heterocycles. The van der Waals surface area contributed by atoms with E-state index in [1.165, 1.54) is 17.8 Å². The van der Waals surface area contributed by atoms with Crippen LogP contribution in [0, 0.1) is 10.1 Å². The molecular formula is C19H13N5O5S. The summed E-state index contributed by atoms with van der Waals surface area (Å²) in [5.41, 5.74) is 0.778. The Labute approximate surface area is 173 Å². The van der Waals surface area contributed by atoms with Crippen LogP contribution in [0.2, 0.25) is 0 Å². The number of nitrogens with zero attached hydrogens (tertiary/aromatic N) is 5. The molecule has 0 aliphatic carbocycles. The van der Waals surface area contributed by atoms with Gasteiger partial charge in [-0.15, -0.1) is 10.2 Å². The highest BCUT2D eigenvalue weighted by Crippen LogP contribution is 2.33. The number of oxazole rings is 1. The molecule has 4 rings (SSSR count). The van der Waals surface area contributed by atoms with Crippen LogP contribution in [0.3, 0.4) is 0 Å². The summed E-state index contributed by atoms with van der Waals surface area (Å²) in [6, 6.07) is 15.5. The Morgan fingerprint density at radius 1 is 1.13 bits per heavy atom. The fraction of sp³-hybridized carbons (Fsp3) is 0.0526. The van der Waals surface area contributed by atoms with E-state index >= 15 is 0 Å². The molecule has 1 N–H and O–H groups in total. The Morgan fingerprint density at radius 2 is 1.87 bits per heavy atom. The summed E-state index contributed by atoms with van der Waals surface area (Å²) in [6.45, 7) is 0. The van der Waals surface area contributed by atoms with E-state index in [-0.39, 0.29) is 23.0 Å². The smallest absolute Gasteiger partial charge is 0.357 e. The molecule has 150 valence electrons. The van der Waals surface area contributed by atoms with Gasteiger partial charge in [-0.25, -0.2) is 9.78 Å². The highest BCUT2D eigenvalue weighted by atomic mass is 32.2. The predicted octanol–water partition coefficient (Wildman–Crippen LogP) is 3.82. The molecule has 4 aromatic rings. The molecule has 2 heterocycles. The number of thioether (sulfide) groups is 1. The number of rotatable bonds is 7.